The third kappa shape index (κ3) is 3.78. The minimum Gasteiger partial charge on any atom is -0.478 e. The van der Waals surface area contributed by atoms with Gasteiger partial charge in [-0.25, -0.2) is 14.2 Å². The number of hydrogen-bond donors (Lipinski definition) is 2. The van der Waals surface area contributed by atoms with Gasteiger partial charge in [-0.3, -0.25) is 0 Å². The normalized spacial score (nSPS) is 19.5. The molecule has 8 heteroatoms. The number of nitrogens with one attached hydrogen (secondary N) is 1. The number of aliphatic imine (C=N–C) groups is 1. The molecule has 0 bridgehead atoms. The number of halogens is 2. The van der Waals surface area contributed by atoms with E-state index >= 15 is 4.39 Å². The third-order valence-electron chi connectivity index (χ3n) is 5.99. The largest absolute Gasteiger partial charge is 0.478 e. The van der Waals surface area contributed by atoms with E-state index in [0.717, 1.165) is 17.4 Å². The molecule has 2 aromatic carbocycles. The molecule has 3 aromatic rings. The minimum atomic E-state index is -1.02. The van der Waals surface area contributed by atoms with Crippen LogP contribution in [0.1, 0.15) is 28.4 Å². The fraction of sp³-hybridized carbons (Fsp3) is 0.200. The molecule has 168 valence electrons. The number of carbonyl (C=O) groups is 1. The maximum atomic E-state index is 15.1. The molecular weight excluding hydrogens is 445 g/mol. The van der Waals surface area contributed by atoms with Gasteiger partial charge < -0.3 is 19.7 Å². The zero-order chi connectivity index (χ0) is 23.3. The maximum Gasteiger partial charge on any atom is 0.336 e. The van der Waals surface area contributed by atoms with Crippen molar-refractivity contribution in [2.75, 3.05) is 0 Å². The Morgan fingerprint density at radius 1 is 1.27 bits per heavy atom. The molecular formula is C25H21ClFN3O3. The predicted molar refractivity (Wildman–Crippen MR) is 126 cm³/mol. The lowest BCUT2D eigenvalue weighted by atomic mass is 9.93. The lowest BCUT2D eigenvalue weighted by molar-refractivity contribution is 0.0695. The highest BCUT2D eigenvalue weighted by Crippen LogP contribution is 2.36. The van der Waals surface area contributed by atoms with E-state index in [9.17, 15) is 9.90 Å². The molecule has 5 rings (SSSR count). The second-order valence-corrected chi connectivity index (χ2v) is 8.47. The average Bonchev–Trinajstić information content (AvgIpc) is 3.36. The number of allylic oxidation sites excluding steroid dienone is 2. The van der Waals surface area contributed by atoms with Crippen molar-refractivity contribution in [3.05, 3.63) is 82.3 Å². The highest BCUT2D eigenvalue weighted by atomic mass is 35.5. The number of amidine groups is 1. The molecule has 0 fully saturated rings. The molecule has 2 N–H and O–H groups in total. The van der Waals surface area contributed by atoms with Gasteiger partial charge in [0.05, 0.1) is 23.2 Å². The van der Waals surface area contributed by atoms with Crippen molar-refractivity contribution in [1.29, 1.82) is 0 Å². The number of benzene rings is 2. The quantitative estimate of drug-likeness (QED) is 0.562. The summed E-state index contributed by atoms with van der Waals surface area (Å²) in [5.41, 5.74) is 2.64. The van der Waals surface area contributed by atoms with E-state index < -0.39 is 5.97 Å². The van der Waals surface area contributed by atoms with Gasteiger partial charge in [-0.1, -0.05) is 17.7 Å². The van der Waals surface area contributed by atoms with Crippen LogP contribution >= 0.6 is 11.6 Å². The lowest BCUT2D eigenvalue weighted by Crippen LogP contribution is -2.35. The Hall–Kier alpha value is -3.58. The number of nitrogens with zero attached hydrogens (tertiary/aromatic N) is 2. The molecule has 2 aliphatic rings. The van der Waals surface area contributed by atoms with Gasteiger partial charge in [-0.05, 0) is 61.9 Å². The number of ether oxygens (including phenoxy) is 1. The Balaban J connectivity index is 1.45. The van der Waals surface area contributed by atoms with Crippen LogP contribution in [0, 0.1) is 12.7 Å². The SMILES string of the molecule is CCn1ccc2cc(C3=CC4N=C(Oc5ccc(C)c(C(=O)O)c5)NC4C=C3Cl)c(F)cc21. The van der Waals surface area contributed by atoms with Crippen LogP contribution in [0.3, 0.4) is 0 Å². The Kier molecular flexibility index (Phi) is 5.21. The number of hydrogen-bond acceptors (Lipinski definition) is 4. The van der Waals surface area contributed by atoms with Crippen molar-refractivity contribution in [2.24, 2.45) is 4.99 Å². The number of aromatic nitrogens is 1. The van der Waals surface area contributed by atoms with Gasteiger partial charge in [0, 0.05) is 34.3 Å². The molecule has 1 aromatic heterocycles. The number of aryl methyl sites for hydroxylation is 2. The number of carboxylic acids is 1. The van der Waals surface area contributed by atoms with E-state index in [0.29, 0.717) is 27.5 Å². The maximum absolute atomic E-state index is 15.1. The number of carboxylic acid groups (broad SMARTS) is 1. The van der Waals surface area contributed by atoms with Crippen LogP contribution < -0.4 is 10.1 Å². The first-order chi connectivity index (χ1) is 15.8. The van der Waals surface area contributed by atoms with Crippen LogP contribution in [-0.2, 0) is 6.54 Å². The summed E-state index contributed by atoms with van der Waals surface area (Å²) in [6.07, 6.45) is 5.56. The summed E-state index contributed by atoms with van der Waals surface area (Å²) in [5.74, 6) is -1.01. The van der Waals surface area contributed by atoms with E-state index in [1.54, 1.807) is 25.1 Å². The van der Waals surface area contributed by atoms with Crippen molar-refractivity contribution >= 4 is 40.1 Å². The highest BCUT2D eigenvalue weighted by Gasteiger charge is 2.32. The van der Waals surface area contributed by atoms with Gasteiger partial charge in [-0.15, -0.1) is 0 Å². The summed E-state index contributed by atoms with van der Waals surface area (Å²) in [7, 11) is 0. The average molecular weight is 466 g/mol. The summed E-state index contributed by atoms with van der Waals surface area (Å²) in [6, 6.07) is 9.80. The first-order valence-corrected chi connectivity index (χ1v) is 11.0. The van der Waals surface area contributed by atoms with Crippen LogP contribution in [-0.4, -0.2) is 33.7 Å². The van der Waals surface area contributed by atoms with Crippen molar-refractivity contribution in [1.82, 2.24) is 9.88 Å². The minimum absolute atomic E-state index is 0.163. The molecule has 0 amide bonds. The predicted octanol–water partition coefficient (Wildman–Crippen LogP) is 5.10. The van der Waals surface area contributed by atoms with Crippen LogP contribution in [0.2, 0.25) is 0 Å². The van der Waals surface area contributed by atoms with Gasteiger partial charge in [0.25, 0.3) is 6.02 Å². The fourth-order valence-electron chi connectivity index (χ4n) is 4.24. The van der Waals surface area contributed by atoms with Crippen molar-refractivity contribution in [2.45, 2.75) is 32.5 Å². The van der Waals surface area contributed by atoms with Gasteiger partial charge in [0.2, 0.25) is 0 Å². The first kappa shape index (κ1) is 21.3. The third-order valence-corrected chi connectivity index (χ3v) is 6.32. The molecule has 6 nitrogen and oxygen atoms in total. The molecule has 0 spiro atoms. The lowest BCUT2D eigenvalue weighted by Gasteiger charge is -2.21. The molecule has 2 heterocycles. The van der Waals surface area contributed by atoms with Crippen LogP contribution in [0.25, 0.3) is 16.5 Å². The molecule has 2 unspecified atom stereocenters. The molecule has 0 saturated heterocycles. The monoisotopic (exact) mass is 465 g/mol. The Labute approximate surface area is 194 Å². The summed E-state index contributed by atoms with van der Waals surface area (Å²) in [5, 5.41) is 13.8. The molecule has 1 aliphatic heterocycles. The second-order valence-electron chi connectivity index (χ2n) is 8.07. The summed E-state index contributed by atoms with van der Waals surface area (Å²) in [6.45, 7) is 4.49. The highest BCUT2D eigenvalue weighted by molar-refractivity contribution is 6.37. The Morgan fingerprint density at radius 2 is 2.09 bits per heavy atom. The van der Waals surface area contributed by atoms with Crippen LogP contribution in [0.4, 0.5) is 4.39 Å². The van der Waals surface area contributed by atoms with E-state index in [2.05, 4.69) is 10.3 Å². The van der Waals surface area contributed by atoms with E-state index in [1.165, 1.54) is 12.1 Å². The number of fused-ring (bicyclic) bond motifs is 2. The zero-order valence-corrected chi connectivity index (χ0v) is 18.7. The number of rotatable bonds is 4. The summed E-state index contributed by atoms with van der Waals surface area (Å²) in [4.78, 5) is 15.9. The topological polar surface area (TPSA) is 75.9 Å². The molecule has 0 saturated carbocycles. The molecule has 0 radical (unpaired) electrons. The fourth-order valence-corrected chi connectivity index (χ4v) is 4.54. The van der Waals surface area contributed by atoms with Gasteiger partial charge in [-0.2, -0.15) is 0 Å². The van der Waals surface area contributed by atoms with Crippen LogP contribution in [0.15, 0.2) is 64.8 Å². The first-order valence-electron chi connectivity index (χ1n) is 10.6. The Bertz CT molecular complexity index is 1390. The van der Waals surface area contributed by atoms with Crippen LogP contribution in [0.5, 0.6) is 5.75 Å². The smallest absolute Gasteiger partial charge is 0.336 e. The summed E-state index contributed by atoms with van der Waals surface area (Å²) < 4.78 is 22.8. The standard InChI is InChI=1S/C25H21ClFN3O3/c1-3-30-7-6-14-8-18(20(27)12-23(14)30)17-10-21-22(11-19(17)26)29-25(28-21)33-15-5-4-13(2)16(9-15)24(31)32/h4-12,21-22H,3H2,1-2H3,(H,28,29)(H,31,32). The van der Waals surface area contributed by atoms with Crippen molar-refractivity contribution < 1.29 is 19.0 Å². The van der Waals surface area contributed by atoms with Gasteiger partial charge in [0.15, 0.2) is 0 Å². The second kappa shape index (κ2) is 8.08. The Morgan fingerprint density at radius 3 is 2.85 bits per heavy atom. The van der Waals surface area contributed by atoms with Crippen molar-refractivity contribution in [3.63, 3.8) is 0 Å². The molecule has 33 heavy (non-hydrogen) atoms. The van der Waals surface area contributed by atoms with Gasteiger partial charge >= 0.3 is 5.97 Å². The molecule has 1 aliphatic carbocycles. The van der Waals surface area contributed by atoms with E-state index in [1.807, 2.05) is 35.9 Å². The molecule has 2 atom stereocenters. The van der Waals surface area contributed by atoms with E-state index in [-0.39, 0.29) is 29.5 Å². The number of aromatic carboxylic acids is 1. The van der Waals surface area contributed by atoms with Gasteiger partial charge in [0.1, 0.15) is 11.6 Å². The zero-order valence-electron chi connectivity index (χ0n) is 18.0. The van der Waals surface area contributed by atoms with Crippen molar-refractivity contribution in [3.8, 4) is 5.75 Å². The summed E-state index contributed by atoms with van der Waals surface area (Å²) >= 11 is 6.54. The van der Waals surface area contributed by atoms with E-state index in [4.69, 9.17) is 16.3 Å².